The second kappa shape index (κ2) is 6.61. The van der Waals surface area contributed by atoms with Crippen LogP contribution in [0.1, 0.15) is 59.3 Å². The van der Waals surface area contributed by atoms with E-state index in [1.165, 1.54) is 26.2 Å². The summed E-state index contributed by atoms with van der Waals surface area (Å²) in [5, 5.41) is 14.4. The van der Waals surface area contributed by atoms with Crippen LogP contribution in [0.15, 0.2) is 0 Å². The molecular weight excluding hydrogens is 320 g/mol. The summed E-state index contributed by atoms with van der Waals surface area (Å²) in [6, 6.07) is -1.66. The fourth-order valence-corrected chi connectivity index (χ4v) is 5.58. The molecule has 0 spiro atoms. The molecule has 0 radical (unpaired) electrons. The number of rotatable bonds is 6. The molecule has 140 valence electrons. The van der Waals surface area contributed by atoms with E-state index in [-0.39, 0.29) is 17.2 Å². The maximum atomic E-state index is 13.1. The number of hydrogen-bond acceptors (Lipinski definition) is 3. The molecule has 6 heteroatoms. The molecule has 0 aromatic carbocycles. The minimum absolute atomic E-state index is 0.00317. The van der Waals surface area contributed by atoms with Crippen molar-refractivity contribution in [2.24, 2.45) is 29.1 Å². The van der Waals surface area contributed by atoms with Gasteiger partial charge in [0, 0.05) is 5.41 Å². The summed E-state index contributed by atoms with van der Waals surface area (Å²) in [5.41, 5.74) is -0.305. The number of carboxylic acid groups (broad SMARTS) is 1. The van der Waals surface area contributed by atoms with Gasteiger partial charge in [0.2, 0.25) is 11.8 Å². The Morgan fingerprint density at radius 1 is 0.920 bits per heavy atom. The van der Waals surface area contributed by atoms with Crippen molar-refractivity contribution in [3.63, 3.8) is 0 Å². The van der Waals surface area contributed by atoms with Crippen molar-refractivity contribution < 1.29 is 19.5 Å². The monoisotopic (exact) mass is 350 g/mol. The summed E-state index contributed by atoms with van der Waals surface area (Å²) in [6.45, 7) is 5.17. The number of amides is 2. The molecule has 4 bridgehead atoms. The van der Waals surface area contributed by atoms with Crippen LogP contribution in [-0.4, -0.2) is 35.0 Å². The maximum absolute atomic E-state index is 13.1. The summed E-state index contributed by atoms with van der Waals surface area (Å²) in [6.07, 6.45) is 6.62. The lowest BCUT2D eigenvalue weighted by Crippen LogP contribution is -2.59. The number of nitrogens with one attached hydrogen (secondary N) is 2. The molecule has 1 unspecified atom stereocenters. The molecule has 0 aromatic heterocycles. The quantitative estimate of drug-likeness (QED) is 0.682. The standard InChI is InChI=1S/C19H30N2O4/c1-10(2)15(16(22)20-11(3)17(23)24)21-18(25)19-7-12-4-13(8-19)6-14(5-12)9-19/h10-15H,4-9H2,1-3H3,(H,20,22)(H,21,25)(H,23,24)/t11-,12?,13?,14?,15?,19?/m1/s1. The highest BCUT2D eigenvalue weighted by Crippen LogP contribution is 2.60. The first-order valence-corrected chi connectivity index (χ1v) is 9.54. The highest BCUT2D eigenvalue weighted by atomic mass is 16.4. The van der Waals surface area contributed by atoms with E-state index in [1.807, 2.05) is 13.8 Å². The van der Waals surface area contributed by atoms with Gasteiger partial charge in [0.1, 0.15) is 12.1 Å². The Kier molecular flexibility index (Phi) is 4.82. The van der Waals surface area contributed by atoms with Gasteiger partial charge in [-0.1, -0.05) is 13.8 Å². The summed E-state index contributed by atoms with van der Waals surface area (Å²) in [7, 11) is 0. The highest BCUT2D eigenvalue weighted by Gasteiger charge is 2.55. The van der Waals surface area contributed by atoms with Crippen LogP contribution in [0.25, 0.3) is 0 Å². The van der Waals surface area contributed by atoms with Gasteiger partial charge < -0.3 is 15.7 Å². The molecule has 4 aliphatic rings. The van der Waals surface area contributed by atoms with Crippen LogP contribution in [-0.2, 0) is 14.4 Å². The van der Waals surface area contributed by atoms with Crippen LogP contribution >= 0.6 is 0 Å². The van der Waals surface area contributed by atoms with E-state index in [9.17, 15) is 14.4 Å². The van der Waals surface area contributed by atoms with Crippen molar-refractivity contribution in [3.05, 3.63) is 0 Å². The van der Waals surface area contributed by atoms with Crippen LogP contribution in [0, 0.1) is 29.1 Å². The molecule has 0 saturated heterocycles. The number of carbonyl (C=O) groups is 3. The molecular formula is C19H30N2O4. The molecule has 4 aliphatic carbocycles. The molecule has 4 rings (SSSR count). The van der Waals surface area contributed by atoms with Crippen LogP contribution in [0.3, 0.4) is 0 Å². The summed E-state index contributed by atoms with van der Waals surface area (Å²) in [4.78, 5) is 36.6. The average molecular weight is 350 g/mol. The highest BCUT2D eigenvalue weighted by molar-refractivity contribution is 5.92. The predicted molar refractivity (Wildman–Crippen MR) is 92.6 cm³/mol. The number of aliphatic carboxylic acids is 1. The van der Waals surface area contributed by atoms with E-state index in [2.05, 4.69) is 10.6 Å². The smallest absolute Gasteiger partial charge is 0.325 e. The van der Waals surface area contributed by atoms with Gasteiger partial charge in [-0.05, 0) is 69.1 Å². The Bertz CT molecular complexity index is 536. The molecule has 4 saturated carbocycles. The molecule has 2 amide bonds. The molecule has 0 heterocycles. The number of carboxylic acids is 1. The van der Waals surface area contributed by atoms with Gasteiger partial charge in [0.15, 0.2) is 0 Å². The minimum atomic E-state index is -1.08. The van der Waals surface area contributed by atoms with E-state index < -0.39 is 24.0 Å². The SMILES string of the molecule is CC(C)C(NC(=O)C12CC3CC(CC(C3)C1)C2)C(=O)N[C@H](C)C(=O)O. The van der Waals surface area contributed by atoms with Crippen molar-refractivity contribution in [3.8, 4) is 0 Å². The van der Waals surface area contributed by atoms with Crippen molar-refractivity contribution in [1.82, 2.24) is 10.6 Å². The zero-order chi connectivity index (χ0) is 18.4. The van der Waals surface area contributed by atoms with Crippen molar-refractivity contribution in [2.45, 2.75) is 71.4 Å². The molecule has 3 N–H and O–H groups in total. The first-order valence-electron chi connectivity index (χ1n) is 9.54. The van der Waals surface area contributed by atoms with Gasteiger partial charge in [-0.25, -0.2) is 0 Å². The Morgan fingerprint density at radius 2 is 1.40 bits per heavy atom. The van der Waals surface area contributed by atoms with E-state index >= 15 is 0 Å². The Balaban J connectivity index is 1.69. The van der Waals surface area contributed by atoms with E-state index in [0.29, 0.717) is 17.8 Å². The number of hydrogen-bond donors (Lipinski definition) is 3. The summed E-state index contributed by atoms with van der Waals surface area (Å²) >= 11 is 0. The number of carbonyl (C=O) groups excluding carboxylic acids is 2. The maximum Gasteiger partial charge on any atom is 0.325 e. The van der Waals surface area contributed by atoms with Crippen molar-refractivity contribution in [1.29, 1.82) is 0 Å². The fourth-order valence-electron chi connectivity index (χ4n) is 5.58. The lowest BCUT2D eigenvalue weighted by Gasteiger charge is -2.55. The van der Waals surface area contributed by atoms with Gasteiger partial charge in [-0.15, -0.1) is 0 Å². The normalized spacial score (nSPS) is 35.3. The van der Waals surface area contributed by atoms with Gasteiger partial charge in [0.05, 0.1) is 0 Å². The summed E-state index contributed by atoms with van der Waals surface area (Å²) < 4.78 is 0. The topological polar surface area (TPSA) is 95.5 Å². The van der Waals surface area contributed by atoms with Gasteiger partial charge in [0.25, 0.3) is 0 Å². The molecule has 4 fully saturated rings. The molecule has 25 heavy (non-hydrogen) atoms. The average Bonchev–Trinajstić information content (AvgIpc) is 2.50. The summed E-state index contributed by atoms with van der Waals surface area (Å²) in [5.74, 6) is 0.398. The van der Waals surface area contributed by atoms with Crippen LogP contribution in [0.5, 0.6) is 0 Å². The van der Waals surface area contributed by atoms with Crippen LogP contribution < -0.4 is 10.6 Å². The molecule has 2 atom stereocenters. The van der Waals surface area contributed by atoms with Gasteiger partial charge in [-0.3, -0.25) is 14.4 Å². The van der Waals surface area contributed by atoms with Gasteiger partial charge in [-0.2, -0.15) is 0 Å². The molecule has 6 nitrogen and oxygen atoms in total. The Hall–Kier alpha value is -1.59. The second-order valence-corrected chi connectivity index (χ2v) is 8.96. The zero-order valence-electron chi connectivity index (χ0n) is 15.4. The van der Waals surface area contributed by atoms with E-state index in [4.69, 9.17) is 5.11 Å². The Morgan fingerprint density at radius 3 is 1.80 bits per heavy atom. The first-order chi connectivity index (χ1) is 11.7. The first kappa shape index (κ1) is 18.2. The Labute approximate surface area is 149 Å². The zero-order valence-corrected chi connectivity index (χ0v) is 15.4. The molecule has 0 aromatic rings. The second-order valence-electron chi connectivity index (χ2n) is 8.96. The van der Waals surface area contributed by atoms with Crippen LogP contribution in [0.2, 0.25) is 0 Å². The molecule has 0 aliphatic heterocycles. The largest absolute Gasteiger partial charge is 0.480 e. The van der Waals surface area contributed by atoms with Crippen LogP contribution in [0.4, 0.5) is 0 Å². The lowest BCUT2D eigenvalue weighted by atomic mass is 9.49. The minimum Gasteiger partial charge on any atom is -0.480 e. The fraction of sp³-hybridized carbons (Fsp3) is 0.842. The van der Waals surface area contributed by atoms with E-state index in [1.54, 1.807) is 0 Å². The third kappa shape index (κ3) is 3.53. The third-order valence-electron chi connectivity index (χ3n) is 6.48. The third-order valence-corrected chi connectivity index (χ3v) is 6.48. The van der Waals surface area contributed by atoms with Crippen molar-refractivity contribution >= 4 is 17.8 Å². The van der Waals surface area contributed by atoms with E-state index in [0.717, 1.165) is 19.3 Å². The predicted octanol–water partition coefficient (Wildman–Crippen LogP) is 1.93. The van der Waals surface area contributed by atoms with Crippen molar-refractivity contribution in [2.75, 3.05) is 0 Å². The lowest BCUT2D eigenvalue weighted by molar-refractivity contribution is -0.149. The van der Waals surface area contributed by atoms with Gasteiger partial charge >= 0.3 is 5.97 Å².